The molecule has 5 rings (SSSR count). The van der Waals surface area contributed by atoms with Crippen molar-refractivity contribution >= 4 is 34.3 Å². The van der Waals surface area contributed by atoms with Crippen molar-refractivity contribution in [2.24, 2.45) is 0 Å². The van der Waals surface area contributed by atoms with Gasteiger partial charge in [-0.2, -0.15) is 0 Å². The van der Waals surface area contributed by atoms with Gasteiger partial charge in [0, 0.05) is 24.8 Å². The van der Waals surface area contributed by atoms with E-state index in [4.69, 9.17) is 9.72 Å². The Morgan fingerprint density at radius 3 is 2.61 bits per heavy atom. The van der Waals surface area contributed by atoms with Gasteiger partial charge in [-0.3, -0.25) is 5.43 Å². The third-order valence-corrected chi connectivity index (χ3v) is 5.10. The van der Waals surface area contributed by atoms with Gasteiger partial charge < -0.3 is 20.1 Å². The number of fused-ring (bicyclic) bond motifs is 1. The molecule has 1 fully saturated rings. The molecule has 0 atom stereocenters. The number of hydrogen-bond donors (Lipinski definition) is 3. The molecule has 0 amide bonds. The first-order chi connectivity index (χ1) is 15.2. The van der Waals surface area contributed by atoms with Gasteiger partial charge in [0.2, 0.25) is 5.95 Å². The molecule has 1 saturated heterocycles. The second kappa shape index (κ2) is 8.11. The van der Waals surface area contributed by atoms with Crippen LogP contribution in [0.25, 0.3) is 11.2 Å². The largest absolute Gasteiger partial charge is 0.508 e. The summed E-state index contributed by atoms with van der Waals surface area (Å²) in [6.07, 6.45) is 1.55. The second-order valence-corrected chi connectivity index (χ2v) is 7.40. The van der Waals surface area contributed by atoms with Crippen LogP contribution in [0.5, 0.6) is 5.75 Å². The molecule has 3 N–H and O–H groups in total. The number of aromatic hydroxyl groups is 1. The number of phenols is 1. The highest BCUT2D eigenvalue weighted by Gasteiger charge is 2.21. The number of imidazole rings is 1. The molecule has 0 unspecified atom stereocenters. The van der Waals surface area contributed by atoms with E-state index in [1.54, 1.807) is 29.2 Å². The first-order valence-electron chi connectivity index (χ1n) is 10.1. The Labute approximate surface area is 179 Å². The van der Waals surface area contributed by atoms with Crippen LogP contribution >= 0.6 is 0 Å². The monoisotopic (exact) mass is 417 g/mol. The lowest BCUT2D eigenvalue weighted by Gasteiger charge is -2.27. The summed E-state index contributed by atoms with van der Waals surface area (Å²) in [4.78, 5) is 16.0. The van der Waals surface area contributed by atoms with Gasteiger partial charge in [-0.1, -0.05) is 18.2 Å². The van der Waals surface area contributed by atoms with E-state index in [-0.39, 0.29) is 5.75 Å². The van der Waals surface area contributed by atoms with Crippen LogP contribution in [0.1, 0.15) is 5.56 Å². The number of aromatic nitrogens is 4. The van der Waals surface area contributed by atoms with Crippen LogP contribution in [-0.4, -0.2) is 51.0 Å². The average molecular weight is 417 g/mol. The number of rotatable bonds is 5. The van der Waals surface area contributed by atoms with E-state index in [1.807, 2.05) is 37.3 Å². The van der Waals surface area contributed by atoms with Crippen molar-refractivity contribution in [3.05, 3.63) is 60.4 Å². The zero-order valence-electron chi connectivity index (χ0n) is 17.1. The van der Waals surface area contributed by atoms with E-state index >= 15 is 0 Å². The number of ether oxygens (including phenoxy) is 1. The Hall–Kier alpha value is -3.85. The van der Waals surface area contributed by atoms with E-state index in [9.17, 15) is 5.11 Å². The highest BCUT2D eigenvalue weighted by Crippen LogP contribution is 2.28. The highest BCUT2D eigenvalue weighted by molar-refractivity contribution is 5.87. The van der Waals surface area contributed by atoms with Gasteiger partial charge in [0.25, 0.3) is 0 Å². The molecule has 0 radical (unpaired) electrons. The van der Waals surface area contributed by atoms with Crippen molar-refractivity contribution in [3.63, 3.8) is 0 Å². The molecular formula is C22H23N7O2. The van der Waals surface area contributed by atoms with Crippen molar-refractivity contribution in [2.45, 2.75) is 6.92 Å². The zero-order chi connectivity index (χ0) is 21.2. The molecule has 1 aliphatic rings. The molecule has 0 spiro atoms. The van der Waals surface area contributed by atoms with Gasteiger partial charge in [0.05, 0.1) is 18.9 Å². The number of nitrogens with zero attached hydrogens (tertiary/aromatic N) is 5. The lowest BCUT2D eigenvalue weighted by molar-refractivity contribution is 0.122. The van der Waals surface area contributed by atoms with Gasteiger partial charge in [-0.25, -0.2) is 19.6 Å². The number of nitrogens with one attached hydrogen (secondary N) is 2. The predicted molar refractivity (Wildman–Crippen MR) is 120 cm³/mol. The van der Waals surface area contributed by atoms with E-state index in [2.05, 4.69) is 25.6 Å². The molecule has 1 aliphatic heterocycles. The Morgan fingerprint density at radius 1 is 1.00 bits per heavy atom. The van der Waals surface area contributed by atoms with E-state index in [0.29, 0.717) is 36.0 Å². The van der Waals surface area contributed by atoms with Crippen LogP contribution in [0.3, 0.4) is 0 Å². The van der Waals surface area contributed by atoms with Crippen LogP contribution in [-0.2, 0) is 4.74 Å². The fraction of sp³-hybridized carbons (Fsp3) is 0.227. The Kier molecular flexibility index (Phi) is 5.01. The van der Waals surface area contributed by atoms with Crippen molar-refractivity contribution in [1.29, 1.82) is 0 Å². The average Bonchev–Trinajstić information content (AvgIpc) is 3.11. The first-order valence-corrected chi connectivity index (χ1v) is 10.1. The molecule has 0 aliphatic carbocycles. The lowest BCUT2D eigenvalue weighted by atomic mass is 10.2. The van der Waals surface area contributed by atoms with Crippen LogP contribution < -0.4 is 15.6 Å². The molecule has 2 aromatic heterocycles. The van der Waals surface area contributed by atoms with Crippen molar-refractivity contribution in [2.75, 3.05) is 41.9 Å². The van der Waals surface area contributed by atoms with Crippen LogP contribution in [0.2, 0.25) is 0 Å². The van der Waals surface area contributed by atoms with E-state index < -0.39 is 0 Å². The molecule has 0 saturated carbocycles. The fourth-order valence-corrected chi connectivity index (χ4v) is 3.63. The number of morpholine rings is 1. The van der Waals surface area contributed by atoms with Crippen LogP contribution in [0.15, 0.2) is 54.9 Å². The maximum atomic E-state index is 9.88. The standard InChI is InChI=1S/C22H23N7O2/c1-15-4-2-5-16(12-15)25-22-26-19-20(28-8-10-31-11-9-28)23-14-24-21(19)29(22)27-17-6-3-7-18(30)13-17/h2-7,12-14,27,30H,8-11H2,1H3,(H,25,26). The van der Waals surface area contributed by atoms with Crippen molar-refractivity contribution in [1.82, 2.24) is 19.6 Å². The summed E-state index contributed by atoms with van der Waals surface area (Å²) >= 11 is 0. The summed E-state index contributed by atoms with van der Waals surface area (Å²) in [5.41, 5.74) is 7.38. The molecule has 2 aromatic carbocycles. The van der Waals surface area contributed by atoms with Crippen LogP contribution in [0, 0.1) is 6.92 Å². The molecule has 9 heteroatoms. The third-order valence-electron chi connectivity index (χ3n) is 5.10. The van der Waals surface area contributed by atoms with Gasteiger partial charge in [0.15, 0.2) is 17.0 Å². The van der Waals surface area contributed by atoms with Crippen molar-refractivity contribution < 1.29 is 9.84 Å². The number of phenolic OH excluding ortho intramolecular Hbond substituents is 1. The molecular weight excluding hydrogens is 394 g/mol. The summed E-state index contributed by atoms with van der Waals surface area (Å²) in [5.74, 6) is 1.52. The third kappa shape index (κ3) is 3.95. The summed E-state index contributed by atoms with van der Waals surface area (Å²) in [6.45, 7) is 4.85. The highest BCUT2D eigenvalue weighted by atomic mass is 16.5. The second-order valence-electron chi connectivity index (χ2n) is 7.40. The van der Waals surface area contributed by atoms with E-state index in [1.165, 1.54) is 0 Å². The van der Waals surface area contributed by atoms with Gasteiger partial charge in [0.1, 0.15) is 12.1 Å². The fourth-order valence-electron chi connectivity index (χ4n) is 3.63. The lowest BCUT2D eigenvalue weighted by Crippen LogP contribution is -2.37. The van der Waals surface area contributed by atoms with Crippen molar-refractivity contribution in [3.8, 4) is 5.75 Å². The minimum absolute atomic E-state index is 0.172. The summed E-state index contributed by atoms with van der Waals surface area (Å²) in [7, 11) is 0. The minimum Gasteiger partial charge on any atom is -0.508 e. The molecule has 9 nitrogen and oxygen atoms in total. The number of hydrogen-bond acceptors (Lipinski definition) is 8. The first kappa shape index (κ1) is 19.1. The molecule has 3 heterocycles. The minimum atomic E-state index is 0.172. The van der Waals surface area contributed by atoms with E-state index in [0.717, 1.165) is 30.2 Å². The van der Waals surface area contributed by atoms with Gasteiger partial charge in [-0.05, 0) is 36.8 Å². The number of aryl methyl sites for hydroxylation is 1. The SMILES string of the molecule is Cc1cccc(Nc2nc3c(N4CCOCC4)ncnc3n2Nc2cccc(O)c2)c1. The summed E-state index contributed by atoms with van der Waals surface area (Å²) < 4.78 is 7.26. The number of benzene rings is 2. The smallest absolute Gasteiger partial charge is 0.229 e. The van der Waals surface area contributed by atoms with Gasteiger partial charge >= 0.3 is 0 Å². The van der Waals surface area contributed by atoms with Gasteiger partial charge in [-0.15, -0.1) is 0 Å². The molecule has 158 valence electrons. The number of anilines is 4. The molecule has 0 bridgehead atoms. The molecule has 31 heavy (non-hydrogen) atoms. The van der Waals surface area contributed by atoms with Crippen LogP contribution in [0.4, 0.5) is 23.1 Å². The molecule has 4 aromatic rings. The quantitative estimate of drug-likeness (QED) is 0.455. The Balaban J connectivity index is 1.61. The summed E-state index contributed by atoms with van der Waals surface area (Å²) in [5, 5.41) is 13.3. The maximum absolute atomic E-state index is 9.88. The normalized spacial score (nSPS) is 14.0. The zero-order valence-corrected chi connectivity index (χ0v) is 17.1. The predicted octanol–water partition coefficient (Wildman–Crippen LogP) is 3.30. The maximum Gasteiger partial charge on any atom is 0.229 e. The summed E-state index contributed by atoms with van der Waals surface area (Å²) in [6, 6.07) is 15.0. The Morgan fingerprint density at radius 2 is 1.81 bits per heavy atom. The topological polar surface area (TPSA) is 100 Å². The Bertz CT molecular complexity index is 1220.